The fourth-order valence-corrected chi connectivity index (χ4v) is 4.49. The summed E-state index contributed by atoms with van der Waals surface area (Å²) in [6.07, 6.45) is 1.33. The Morgan fingerprint density at radius 3 is 2.53 bits per heavy atom. The van der Waals surface area contributed by atoms with Crippen LogP contribution in [0.5, 0.6) is 5.75 Å². The smallest absolute Gasteiger partial charge is 0.261 e. The second-order valence-corrected chi connectivity index (χ2v) is 9.43. The number of anilines is 1. The number of aryl methyl sites for hydroxylation is 1. The van der Waals surface area contributed by atoms with E-state index in [1.807, 2.05) is 31.2 Å². The first-order valence-corrected chi connectivity index (χ1v) is 11.9. The number of sulfonamides is 1. The van der Waals surface area contributed by atoms with Crippen LogP contribution in [0.15, 0.2) is 82.6 Å². The number of aromatic nitrogens is 1. The van der Waals surface area contributed by atoms with E-state index in [4.69, 9.17) is 4.74 Å². The maximum atomic E-state index is 13.0. The molecule has 174 valence electrons. The predicted molar refractivity (Wildman–Crippen MR) is 131 cm³/mol. The number of hydrogen-bond acceptors (Lipinski definition) is 5. The number of carbonyl (C=O) groups is 1. The summed E-state index contributed by atoms with van der Waals surface area (Å²) >= 11 is 0. The molecule has 0 spiro atoms. The van der Waals surface area contributed by atoms with Crippen LogP contribution in [0.2, 0.25) is 0 Å². The highest BCUT2D eigenvalue weighted by molar-refractivity contribution is 7.92. The SMILES string of the molecule is COc1cccc(NS(=O)(=O)c2ccc3[nH]cc(C(=O)NCc4ccc(C)cc4)c(=O)c3c2)c1. The molecule has 4 aromatic rings. The summed E-state index contributed by atoms with van der Waals surface area (Å²) < 4.78 is 33.4. The second kappa shape index (κ2) is 9.40. The molecule has 34 heavy (non-hydrogen) atoms. The Morgan fingerprint density at radius 2 is 1.79 bits per heavy atom. The third-order valence-corrected chi connectivity index (χ3v) is 6.68. The molecule has 0 aliphatic heterocycles. The van der Waals surface area contributed by atoms with E-state index in [9.17, 15) is 18.0 Å². The minimum atomic E-state index is -3.99. The lowest BCUT2D eigenvalue weighted by atomic mass is 10.1. The summed E-state index contributed by atoms with van der Waals surface area (Å²) in [5.74, 6) is -0.0528. The first kappa shape index (κ1) is 23.1. The number of pyridine rings is 1. The number of methoxy groups -OCH3 is 1. The molecule has 0 saturated carbocycles. The van der Waals surface area contributed by atoms with Crippen molar-refractivity contribution in [3.05, 3.63) is 99.8 Å². The number of carbonyl (C=O) groups excluding carboxylic acids is 1. The maximum Gasteiger partial charge on any atom is 0.261 e. The van der Waals surface area contributed by atoms with Crippen molar-refractivity contribution >= 4 is 32.5 Å². The number of aromatic amines is 1. The van der Waals surface area contributed by atoms with Gasteiger partial charge in [-0.05, 0) is 42.8 Å². The summed E-state index contributed by atoms with van der Waals surface area (Å²) in [5.41, 5.74) is 2.07. The number of fused-ring (bicyclic) bond motifs is 1. The number of amides is 1. The molecule has 1 heterocycles. The highest BCUT2D eigenvalue weighted by atomic mass is 32.2. The third-order valence-electron chi connectivity index (χ3n) is 5.30. The van der Waals surface area contributed by atoms with Gasteiger partial charge in [0.1, 0.15) is 11.3 Å². The van der Waals surface area contributed by atoms with Crippen molar-refractivity contribution in [2.75, 3.05) is 11.8 Å². The van der Waals surface area contributed by atoms with Crippen LogP contribution in [-0.4, -0.2) is 26.4 Å². The molecule has 9 heteroatoms. The summed E-state index contributed by atoms with van der Waals surface area (Å²) in [4.78, 5) is 28.5. The first-order valence-electron chi connectivity index (χ1n) is 10.4. The largest absolute Gasteiger partial charge is 0.497 e. The van der Waals surface area contributed by atoms with Gasteiger partial charge < -0.3 is 15.0 Å². The van der Waals surface area contributed by atoms with Gasteiger partial charge in [-0.3, -0.25) is 14.3 Å². The molecule has 0 aliphatic rings. The number of ether oxygens (including phenoxy) is 1. The zero-order chi connectivity index (χ0) is 24.3. The standard InChI is InChI=1S/C25H23N3O5S/c1-16-6-8-17(9-7-16)14-27-25(30)22-15-26-23-11-10-20(13-21(23)24(22)29)34(31,32)28-18-4-3-5-19(12-18)33-2/h3-13,15,28H,14H2,1-2H3,(H,26,29)(H,27,30). The van der Waals surface area contributed by atoms with E-state index in [1.165, 1.54) is 31.5 Å². The minimum Gasteiger partial charge on any atom is -0.497 e. The predicted octanol–water partition coefficient (Wildman–Crippen LogP) is 3.58. The van der Waals surface area contributed by atoms with Crippen LogP contribution >= 0.6 is 0 Å². The molecule has 0 saturated heterocycles. The van der Waals surface area contributed by atoms with Gasteiger partial charge in [0.25, 0.3) is 15.9 Å². The van der Waals surface area contributed by atoms with E-state index in [2.05, 4.69) is 15.0 Å². The van der Waals surface area contributed by atoms with Crippen LogP contribution in [-0.2, 0) is 16.6 Å². The minimum absolute atomic E-state index is 0.0940. The molecular formula is C25H23N3O5S. The molecule has 3 N–H and O–H groups in total. The highest BCUT2D eigenvalue weighted by Crippen LogP contribution is 2.22. The van der Waals surface area contributed by atoms with Crippen LogP contribution in [0.1, 0.15) is 21.5 Å². The topological polar surface area (TPSA) is 117 Å². The van der Waals surface area contributed by atoms with Crippen LogP contribution in [0.3, 0.4) is 0 Å². The van der Waals surface area contributed by atoms with Crippen LogP contribution in [0, 0.1) is 6.92 Å². The van der Waals surface area contributed by atoms with Crippen LogP contribution < -0.4 is 20.2 Å². The van der Waals surface area contributed by atoms with Crippen molar-refractivity contribution in [2.45, 2.75) is 18.4 Å². The zero-order valence-electron chi connectivity index (χ0n) is 18.6. The number of hydrogen-bond donors (Lipinski definition) is 3. The van der Waals surface area contributed by atoms with E-state index in [0.29, 0.717) is 17.0 Å². The van der Waals surface area contributed by atoms with Crippen molar-refractivity contribution in [1.82, 2.24) is 10.3 Å². The molecular weight excluding hydrogens is 454 g/mol. The Balaban J connectivity index is 1.61. The fraction of sp³-hybridized carbons (Fsp3) is 0.120. The van der Waals surface area contributed by atoms with E-state index < -0.39 is 21.4 Å². The summed E-state index contributed by atoms with van der Waals surface area (Å²) in [5, 5.41) is 2.82. The molecule has 0 atom stereocenters. The summed E-state index contributed by atoms with van der Waals surface area (Å²) in [7, 11) is -2.50. The monoisotopic (exact) mass is 477 g/mol. The Bertz CT molecular complexity index is 1530. The quantitative estimate of drug-likeness (QED) is 0.376. The van der Waals surface area contributed by atoms with Gasteiger partial charge in [-0.25, -0.2) is 8.42 Å². The van der Waals surface area contributed by atoms with Gasteiger partial charge in [0.15, 0.2) is 0 Å². The molecule has 0 aliphatic carbocycles. The number of nitrogens with one attached hydrogen (secondary N) is 3. The van der Waals surface area contributed by atoms with Gasteiger partial charge in [-0.1, -0.05) is 35.9 Å². The Hall–Kier alpha value is -4.11. The lowest BCUT2D eigenvalue weighted by Crippen LogP contribution is -2.28. The van der Waals surface area contributed by atoms with Gasteiger partial charge in [0.2, 0.25) is 5.43 Å². The Kier molecular flexibility index (Phi) is 6.38. The lowest BCUT2D eigenvalue weighted by Gasteiger charge is -2.10. The molecule has 1 amide bonds. The average molecular weight is 478 g/mol. The molecule has 4 rings (SSSR count). The van der Waals surface area contributed by atoms with Gasteiger partial charge >= 0.3 is 0 Å². The van der Waals surface area contributed by atoms with Gasteiger partial charge in [0, 0.05) is 29.7 Å². The average Bonchev–Trinajstić information content (AvgIpc) is 2.83. The van der Waals surface area contributed by atoms with Crippen LogP contribution in [0.25, 0.3) is 10.9 Å². The molecule has 0 radical (unpaired) electrons. The van der Waals surface area contributed by atoms with E-state index >= 15 is 0 Å². The fourth-order valence-electron chi connectivity index (χ4n) is 3.42. The van der Waals surface area contributed by atoms with E-state index in [1.54, 1.807) is 24.3 Å². The van der Waals surface area contributed by atoms with Crippen molar-refractivity contribution in [2.24, 2.45) is 0 Å². The molecule has 0 bridgehead atoms. The molecule has 3 aromatic carbocycles. The normalized spacial score (nSPS) is 11.2. The summed E-state index contributed by atoms with van der Waals surface area (Å²) in [6.45, 7) is 2.23. The third kappa shape index (κ3) is 4.94. The molecule has 0 unspecified atom stereocenters. The maximum absolute atomic E-state index is 13.0. The van der Waals surface area contributed by atoms with Gasteiger partial charge in [-0.15, -0.1) is 0 Å². The zero-order valence-corrected chi connectivity index (χ0v) is 19.4. The number of rotatable bonds is 7. The molecule has 1 aromatic heterocycles. The second-order valence-electron chi connectivity index (χ2n) is 7.74. The van der Waals surface area contributed by atoms with Crippen molar-refractivity contribution in [3.8, 4) is 5.75 Å². The molecule has 8 nitrogen and oxygen atoms in total. The summed E-state index contributed by atoms with van der Waals surface area (Å²) in [6, 6.07) is 18.3. The highest BCUT2D eigenvalue weighted by Gasteiger charge is 2.18. The van der Waals surface area contributed by atoms with Gasteiger partial charge in [0.05, 0.1) is 17.7 Å². The van der Waals surface area contributed by atoms with Gasteiger partial charge in [-0.2, -0.15) is 0 Å². The lowest BCUT2D eigenvalue weighted by molar-refractivity contribution is 0.0949. The molecule has 0 fully saturated rings. The van der Waals surface area contributed by atoms with Crippen molar-refractivity contribution < 1.29 is 17.9 Å². The van der Waals surface area contributed by atoms with Crippen LogP contribution in [0.4, 0.5) is 5.69 Å². The van der Waals surface area contributed by atoms with Crippen molar-refractivity contribution in [3.63, 3.8) is 0 Å². The Labute approximate surface area is 196 Å². The first-order chi connectivity index (χ1) is 16.3. The van der Waals surface area contributed by atoms with E-state index in [0.717, 1.165) is 11.1 Å². The Morgan fingerprint density at radius 1 is 1.03 bits per heavy atom. The van der Waals surface area contributed by atoms with Crippen molar-refractivity contribution in [1.29, 1.82) is 0 Å². The van der Waals surface area contributed by atoms with E-state index in [-0.39, 0.29) is 22.4 Å². The number of benzene rings is 3. The number of H-pyrrole nitrogens is 1.